The van der Waals surface area contributed by atoms with E-state index in [0.29, 0.717) is 5.69 Å². The SMILES string of the molecule is [C-]#[N+]c1cccc(-c2cccc3c2oc2c(-c4cccc(-n5c6ccccc6c6ccccc65)c4)cccc23)c1. The smallest absolute Gasteiger partial charge is 0.187 e. The fourth-order valence-corrected chi connectivity index (χ4v) is 6.03. The van der Waals surface area contributed by atoms with E-state index in [-0.39, 0.29) is 0 Å². The summed E-state index contributed by atoms with van der Waals surface area (Å²) in [6.07, 6.45) is 0. The zero-order valence-electron chi connectivity index (χ0n) is 21.5. The van der Waals surface area contributed by atoms with Crippen LogP contribution in [-0.2, 0) is 0 Å². The molecule has 3 nitrogen and oxygen atoms in total. The van der Waals surface area contributed by atoms with Gasteiger partial charge in [0.05, 0.1) is 17.6 Å². The quantitative estimate of drug-likeness (QED) is 0.217. The Hall–Kier alpha value is -5.59. The van der Waals surface area contributed by atoms with E-state index in [9.17, 15) is 0 Å². The Morgan fingerprint density at radius 2 is 1.02 bits per heavy atom. The molecule has 0 atom stereocenters. The van der Waals surface area contributed by atoms with E-state index in [0.717, 1.165) is 49.9 Å². The third kappa shape index (κ3) is 3.30. The number of furan rings is 1. The van der Waals surface area contributed by atoms with Gasteiger partial charge in [0.15, 0.2) is 5.69 Å². The number of fused-ring (bicyclic) bond motifs is 6. The Morgan fingerprint density at radius 1 is 0.500 bits per heavy atom. The molecular formula is C37H22N2O. The Morgan fingerprint density at radius 3 is 1.65 bits per heavy atom. The van der Waals surface area contributed by atoms with Crippen LogP contribution in [0.25, 0.3) is 76.5 Å². The van der Waals surface area contributed by atoms with Gasteiger partial charge in [0.1, 0.15) is 11.2 Å². The molecule has 0 fully saturated rings. The maximum absolute atomic E-state index is 7.43. The molecule has 0 bridgehead atoms. The number of para-hydroxylation sites is 4. The van der Waals surface area contributed by atoms with Gasteiger partial charge in [-0.15, -0.1) is 0 Å². The second-order valence-corrected chi connectivity index (χ2v) is 10.0. The van der Waals surface area contributed by atoms with Crippen LogP contribution in [0.2, 0.25) is 0 Å². The highest BCUT2D eigenvalue weighted by Crippen LogP contribution is 2.41. The Kier molecular flexibility index (Phi) is 4.89. The average molecular weight is 511 g/mol. The molecule has 2 aromatic heterocycles. The van der Waals surface area contributed by atoms with Crippen molar-refractivity contribution in [1.82, 2.24) is 4.57 Å². The summed E-state index contributed by atoms with van der Waals surface area (Å²) < 4.78 is 9.03. The third-order valence-corrected chi connectivity index (χ3v) is 7.81. The fraction of sp³-hybridized carbons (Fsp3) is 0. The minimum absolute atomic E-state index is 0.619. The molecule has 8 rings (SSSR count). The van der Waals surface area contributed by atoms with Gasteiger partial charge in [0, 0.05) is 38.4 Å². The summed E-state index contributed by atoms with van der Waals surface area (Å²) in [6.45, 7) is 7.43. The predicted octanol–water partition coefficient (Wildman–Crippen LogP) is 10.6. The van der Waals surface area contributed by atoms with Crippen molar-refractivity contribution in [2.75, 3.05) is 0 Å². The largest absolute Gasteiger partial charge is 0.455 e. The summed E-state index contributed by atoms with van der Waals surface area (Å²) in [4.78, 5) is 3.62. The molecule has 0 N–H and O–H groups in total. The van der Waals surface area contributed by atoms with Crippen LogP contribution < -0.4 is 0 Å². The van der Waals surface area contributed by atoms with Crippen molar-refractivity contribution in [3.63, 3.8) is 0 Å². The van der Waals surface area contributed by atoms with Gasteiger partial charge in [0.25, 0.3) is 0 Å². The maximum Gasteiger partial charge on any atom is 0.187 e. The average Bonchev–Trinajstić information content (AvgIpc) is 3.57. The van der Waals surface area contributed by atoms with Crippen LogP contribution in [0.5, 0.6) is 0 Å². The van der Waals surface area contributed by atoms with Gasteiger partial charge >= 0.3 is 0 Å². The van der Waals surface area contributed by atoms with Gasteiger partial charge in [0.2, 0.25) is 0 Å². The first-order valence-electron chi connectivity index (χ1n) is 13.3. The number of nitrogens with zero attached hydrogens (tertiary/aromatic N) is 2. The van der Waals surface area contributed by atoms with Crippen LogP contribution in [0.4, 0.5) is 5.69 Å². The Bertz CT molecular complexity index is 2240. The molecule has 0 unspecified atom stereocenters. The van der Waals surface area contributed by atoms with Gasteiger partial charge < -0.3 is 8.98 Å². The van der Waals surface area contributed by atoms with Gasteiger partial charge in [-0.25, -0.2) is 4.85 Å². The number of aromatic nitrogens is 1. The van der Waals surface area contributed by atoms with Crippen LogP contribution in [0.15, 0.2) is 138 Å². The number of hydrogen-bond donors (Lipinski definition) is 0. The highest BCUT2D eigenvalue weighted by Gasteiger charge is 2.17. The first-order valence-corrected chi connectivity index (χ1v) is 13.3. The zero-order chi connectivity index (χ0) is 26.6. The molecule has 6 aromatic carbocycles. The highest BCUT2D eigenvalue weighted by molar-refractivity contribution is 6.13. The van der Waals surface area contributed by atoms with Crippen molar-refractivity contribution in [1.29, 1.82) is 0 Å². The standard InChI is InChI=1S/C37H22N2O/c1-38-26-12-6-10-24(22-26)28-16-8-18-32-33-19-9-17-29(37(33)40-36(28)32)25-11-7-13-27(23-25)39-34-20-4-2-14-30(34)31-15-3-5-21-35(31)39/h2-23H. The second kappa shape index (κ2) is 8.73. The fourth-order valence-electron chi connectivity index (χ4n) is 6.03. The molecule has 0 amide bonds. The minimum atomic E-state index is 0.619. The van der Waals surface area contributed by atoms with Crippen LogP contribution >= 0.6 is 0 Å². The molecule has 0 saturated carbocycles. The lowest BCUT2D eigenvalue weighted by molar-refractivity contribution is 0.671. The predicted molar refractivity (Wildman–Crippen MR) is 165 cm³/mol. The van der Waals surface area contributed by atoms with E-state index in [1.807, 2.05) is 24.3 Å². The van der Waals surface area contributed by atoms with E-state index in [4.69, 9.17) is 11.0 Å². The highest BCUT2D eigenvalue weighted by atomic mass is 16.3. The molecule has 0 aliphatic rings. The maximum atomic E-state index is 7.43. The summed E-state index contributed by atoms with van der Waals surface area (Å²) in [5.41, 5.74) is 9.93. The van der Waals surface area contributed by atoms with Crippen molar-refractivity contribution >= 4 is 49.4 Å². The number of benzene rings is 6. The molecule has 0 spiro atoms. The first kappa shape index (κ1) is 22.4. The molecule has 0 aliphatic heterocycles. The molecular weight excluding hydrogens is 488 g/mol. The third-order valence-electron chi connectivity index (χ3n) is 7.81. The molecule has 8 aromatic rings. The molecule has 0 saturated heterocycles. The second-order valence-electron chi connectivity index (χ2n) is 10.0. The topological polar surface area (TPSA) is 22.4 Å². The molecule has 40 heavy (non-hydrogen) atoms. The molecule has 2 heterocycles. The van der Waals surface area contributed by atoms with Crippen LogP contribution in [0.3, 0.4) is 0 Å². The van der Waals surface area contributed by atoms with Crippen LogP contribution in [0.1, 0.15) is 0 Å². The van der Waals surface area contributed by atoms with Crippen LogP contribution in [0, 0.1) is 6.57 Å². The van der Waals surface area contributed by atoms with E-state index < -0.39 is 0 Å². The zero-order valence-corrected chi connectivity index (χ0v) is 21.5. The Labute approximate surface area is 231 Å². The van der Waals surface area contributed by atoms with E-state index in [1.165, 1.54) is 21.8 Å². The summed E-state index contributed by atoms with van der Waals surface area (Å²) in [6, 6.07) is 46.2. The van der Waals surface area contributed by atoms with Gasteiger partial charge in [-0.3, -0.25) is 0 Å². The lowest BCUT2D eigenvalue weighted by Crippen LogP contribution is -1.94. The van der Waals surface area contributed by atoms with E-state index in [2.05, 4.69) is 119 Å². The van der Waals surface area contributed by atoms with Crippen molar-refractivity contribution in [3.05, 3.63) is 145 Å². The number of rotatable bonds is 3. The Balaban J connectivity index is 1.35. The summed E-state index contributed by atoms with van der Waals surface area (Å²) in [5.74, 6) is 0. The van der Waals surface area contributed by atoms with Gasteiger partial charge in [-0.2, -0.15) is 0 Å². The monoisotopic (exact) mass is 510 g/mol. The normalized spacial score (nSPS) is 11.5. The van der Waals surface area contributed by atoms with Gasteiger partial charge in [-0.05, 0) is 41.5 Å². The number of hydrogen-bond acceptors (Lipinski definition) is 1. The summed E-state index contributed by atoms with van der Waals surface area (Å²) in [7, 11) is 0. The lowest BCUT2D eigenvalue weighted by Gasteiger charge is -2.10. The van der Waals surface area contributed by atoms with Crippen molar-refractivity contribution in [3.8, 4) is 27.9 Å². The van der Waals surface area contributed by atoms with Crippen molar-refractivity contribution in [2.45, 2.75) is 0 Å². The molecule has 0 aliphatic carbocycles. The first-order chi connectivity index (χ1) is 19.8. The molecule has 0 radical (unpaired) electrons. The minimum Gasteiger partial charge on any atom is -0.455 e. The van der Waals surface area contributed by atoms with Gasteiger partial charge in [-0.1, -0.05) is 103 Å². The van der Waals surface area contributed by atoms with E-state index >= 15 is 0 Å². The summed E-state index contributed by atoms with van der Waals surface area (Å²) in [5, 5.41) is 4.65. The van der Waals surface area contributed by atoms with Crippen LogP contribution in [-0.4, -0.2) is 4.57 Å². The van der Waals surface area contributed by atoms with Crippen molar-refractivity contribution < 1.29 is 4.42 Å². The summed E-state index contributed by atoms with van der Waals surface area (Å²) >= 11 is 0. The molecule has 3 heteroatoms. The lowest BCUT2D eigenvalue weighted by atomic mass is 10.00. The van der Waals surface area contributed by atoms with Crippen molar-refractivity contribution in [2.24, 2.45) is 0 Å². The van der Waals surface area contributed by atoms with E-state index in [1.54, 1.807) is 0 Å². The molecule has 186 valence electrons.